The van der Waals surface area contributed by atoms with E-state index in [-0.39, 0.29) is 24.2 Å². The summed E-state index contributed by atoms with van der Waals surface area (Å²) in [5.41, 5.74) is 0.704. The van der Waals surface area contributed by atoms with Gasteiger partial charge >= 0.3 is 0 Å². The van der Waals surface area contributed by atoms with Gasteiger partial charge in [0.1, 0.15) is 11.9 Å². The molecule has 0 unspecified atom stereocenters. The van der Waals surface area contributed by atoms with Gasteiger partial charge in [-0.15, -0.1) is 0 Å². The highest BCUT2D eigenvalue weighted by Crippen LogP contribution is 2.31. The van der Waals surface area contributed by atoms with Crippen molar-refractivity contribution < 1.29 is 17.7 Å². The molecule has 3 heterocycles. The van der Waals surface area contributed by atoms with Gasteiger partial charge in [-0.25, -0.2) is 13.4 Å². The molecule has 1 aliphatic heterocycles. The van der Waals surface area contributed by atoms with E-state index >= 15 is 0 Å². The van der Waals surface area contributed by atoms with Gasteiger partial charge in [-0.3, -0.25) is 0 Å². The molecule has 1 aromatic carbocycles. The molecule has 1 aliphatic rings. The third-order valence-corrected chi connectivity index (χ3v) is 5.77. The summed E-state index contributed by atoms with van der Waals surface area (Å²) in [6, 6.07) is 7.33. The summed E-state index contributed by atoms with van der Waals surface area (Å²) in [4.78, 5) is 8.14. The molecule has 26 heavy (non-hydrogen) atoms. The second-order valence-electron chi connectivity index (χ2n) is 6.07. The lowest BCUT2D eigenvalue weighted by Gasteiger charge is -2.37. The molecule has 0 saturated carbocycles. The average molecular weight is 375 g/mol. The third-order valence-electron chi connectivity index (χ3n) is 4.05. The number of imidazole rings is 1. The van der Waals surface area contributed by atoms with E-state index in [2.05, 4.69) is 15.1 Å². The minimum absolute atomic E-state index is 0.0427. The summed E-state index contributed by atoms with van der Waals surface area (Å²) >= 11 is 0. The van der Waals surface area contributed by atoms with Crippen LogP contribution in [0.4, 0.5) is 0 Å². The molecule has 0 atom stereocenters. The van der Waals surface area contributed by atoms with Crippen molar-refractivity contribution >= 4 is 10.0 Å². The highest BCUT2D eigenvalue weighted by atomic mass is 32.2. The van der Waals surface area contributed by atoms with Gasteiger partial charge in [-0.1, -0.05) is 17.3 Å². The van der Waals surface area contributed by atoms with Crippen molar-refractivity contribution in [3.05, 3.63) is 42.7 Å². The SMILES string of the molecule is Cc1nc(-c2ccccc2OC2CN(S(=O)(=O)c3cn(C)cn3)C2)no1. The first-order valence-electron chi connectivity index (χ1n) is 7.98. The molecule has 1 fully saturated rings. The predicted molar refractivity (Wildman–Crippen MR) is 90.9 cm³/mol. The average Bonchev–Trinajstić information content (AvgIpc) is 3.19. The molecule has 0 N–H and O–H groups in total. The van der Waals surface area contributed by atoms with Crippen LogP contribution in [0, 0.1) is 6.92 Å². The molecular weight excluding hydrogens is 358 g/mol. The molecule has 136 valence electrons. The molecule has 0 aliphatic carbocycles. The molecule has 10 heteroatoms. The van der Waals surface area contributed by atoms with Crippen LogP contribution in [0.1, 0.15) is 5.89 Å². The smallest absolute Gasteiger partial charge is 0.262 e. The zero-order valence-electron chi connectivity index (χ0n) is 14.2. The van der Waals surface area contributed by atoms with Gasteiger partial charge < -0.3 is 13.8 Å². The molecule has 0 spiro atoms. The first-order valence-corrected chi connectivity index (χ1v) is 9.42. The monoisotopic (exact) mass is 375 g/mol. The molecule has 0 radical (unpaired) electrons. The Balaban J connectivity index is 1.47. The number of sulfonamides is 1. The van der Waals surface area contributed by atoms with Gasteiger partial charge in [-0.05, 0) is 12.1 Å². The highest BCUT2D eigenvalue weighted by Gasteiger charge is 2.39. The Hall–Kier alpha value is -2.72. The quantitative estimate of drug-likeness (QED) is 0.661. The Morgan fingerprint density at radius 2 is 2.04 bits per heavy atom. The fraction of sp³-hybridized carbons (Fsp3) is 0.312. The number of aryl methyl sites for hydroxylation is 2. The van der Waals surface area contributed by atoms with Crippen molar-refractivity contribution in [2.24, 2.45) is 7.05 Å². The topological polar surface area (TPSA) is 103 Å². The van der Waals surface area contributed by atoms with Crippen LogP contribution in [-0.4, -0.2) is 51.6 Å². The molecule has 4 rings (SSSR count). The number of nitrogens with zero attached hydrogens (tertiary/aromatic N) is 5. The van der Waals surface area contributed by atoms with E-state index in [0.717, 1.165) is 0 Å². The maximum atomic E-state index is 12.5. The summed E-state index contributed by atoms with van der Waals surface area (Å²) in [5, 5.41) is 3.95. The minimum Gasteiger partial charge on any atom is -0.487 e. The lowest BCUT2D eigenvalue weighted by atomic mass is 10.1. The molecule has 9 nitrogen and oxygen atoms in total. The minimum atomic E-state index is -3.58. The second kappa shape index (κ2) is 6.22. The number of para-hydroxylation sites is 1. The maximum Gasteiger partial charge on any atom is 0.262 e. The highest BCUT2D eigenvalue weighted by molar-refractivity contribution is 7.89. The van der Waals surface area contributed by atoms with Crippen molar-refractivity contribution in [2.75, 3.05) is 13.1 Å². The lowest BCUT2D eigenvalue weighted by molar-refractivity contribution is 0.0765. The fourth-order valence-corrected chi connectivity index (χ4v) is 4.14. The van der Waals surface area contributed by atoms with E-state index < -0.39 is 10.0 Å². The Morgan fingerprint density at radius 1 is 1.27 bits per heavy atom. The van der Waals surface area contributed by atoms with E-state index in [1.54, 1.807) is 24.6 Å². The predicted octanol–water partition coefficient (Wildman–Crippen LogP) is 1.23. The van der Waals surface area contributed by atoms with Crippen LogP contribution in [0.3, 0.4) is 0 Å². The number of ether oxygens (including phenoxy) is 1. The maximum absolute atomic E-state index is 12.5. The first kappa shape index (κ1) is 16.7. The Kier molecular flexibility index (Phi) is 4.00. The van der Waals surface area contributed by atoms with Crippen LogP contribution < -0.4 is 4.74 Å². The Labute approximate surface area is 150 Å². The lowest BCUT2D eigenvalue weighted by Crippen LogP contribution is -2.56. The molecule has 3 aromatic rings. The largest absolute Gasteiger partial charge is 0.487 e. The van der Waals surface area contributed by atoms with Crippen LogP contribution in [0.5, 0.6) is 5.75 Å². The number of rotatable bonds is 5. The number of aromatic nitrogens is 4. The summed E-state index contributed by atoms with van der Waals surface area (Å²) in [5.74, 6) is 1.50. The summed E-state index contributed by atoms with van der Waals surface area (Å²) in [6.45, 7) is 2.24. The van der Waals surface area contributed by atoms with Crippen molar-refractivity contribution in [1.29, 1.82) is 0 Å². The van der Waals surface area contributed by atoms with Gasteiger partial charge in [0.05, 0.1) is 25.0 Å². The fourth-order valence-electron chi connectivity index (χ4n) is 2.67. The molecule has 2 aromatic heterocycles. The Bertz CT molecular complexity index is 1040. The van der Waals surface area contributed by atoms with Crippen LogP contribution in [-0.2, 0) is 17.1 Å². The van der Waals surface area contributed by atoms with Gasteiger partial charge in [0.15, 0.2) is 5.03 Å². The Morgan fingerprint density at radius 3 is 2.69 bits per heavy atom. The van der Waals surface area contributed by atoms with E-state index in [4.69, 9.17) is 9.26 Å². The van der Waals surface area contributed by atoms with Gasteiger partial charge in [0.2, 0.25) is 11.7 Å². The van der Waals surface area contributed by atoms with Crippen LogP contribution in [0.15, 0.2) is 46.3 Å². The van der Waals surface area contributed by atoms with Gasteiger partial charge in [0.25, 0.3) is 10.0 Å². The van der Waals surface area contributed by atoms with Gasteiger partial charge in [-0.2, -0.15) is 9.29 Å². The zero-order chi connectivity index (χ0) is 18.3. The summed E-state index contributed by atoms with van der Waals surface area (Å²) in [7, 11) is -1.86. The zero-order valence-corrected chi connectivity index (χ0v) is 15.0. The van der Waals surface area contributed by atoms with Crippen LogP contribution in [0.25, 0.3) is 11.4 Å². The number of hydrogen-bond donors (Lipinski definition) is 0. The van der Waals surface area contributed by atoms with Crippen molar-refractivity contribution in [3.63, 3.8) is 0 Å². The molecule has 0 bridgehead atoms. The van der Waals surface area contributed by atoms with Gasteiger partial charge in [0, 0.05) is 20.2 Å². The van der Waals surface area contributed by atoms with E-state index in [0.29, 0.717) is 23.0 Å². The molecule has 1 saturated heterocycles. The van der Waals surface area contributed by atoms with Crippen molar-refractivity contribution in [2.45, 2.75) is 18.1 Å². The number of hydrogen-bond acceptors (Lipinski definition) is 7. The summed E-state index contributed by atoms with van der Waals surface area (Å²) < 4.78 is 38.9. The van der Waals surface area contributed by atoms with E-state index in [1.807, 2.05) is 18.2 Å². The van der Waals surface area contributed by atoms with Crippen molar-refractivity contribution in [1.82, 2.24) is 24.0 Å². The van der Waals surface area contributed by atoms with E-state index in [1.165, 1.54) is 16.8 Å². The summed E-state index contributed by atoms with van der Waals surface area (Å²) in [6.07, 6.45) is 2.70. The van der Waals surface area contributed by atoms with Crippen LogP contribution >= 0.6 is 0 Å². The standard InChI is InChI=1S/C16H17N5O4S/c1-11-18-16(19-25-11)13-5-3-4-6-14(13)24-12-7-21(8-12)26(22,23)15-9-20(2)10-17-15/h3-6,9-10,12H,7-8H2,1-2H3. The van der Waals surface area contributed by atoms with Crippen LogP contribution in [0.2, 0.25) is 0 Å². The number of benzene rings is 1. The third kappa shape index (κ3) is 2.97. The van der Waals surface area contributed by atoms with E-state index in [9.17, 15) is 8.42 Å². The normalized spacial score (nSPS) is 15.8. The van der Waals surface area contributed by atoms with Crippen molar-refractivity contribution in [3.8, 4) is 17.1 Å². The molecular formula is C16H17N5O4S. The first-order chi connectivity index (χ1) is 12.4. The molecule has 0 amide bonds. The second-order valence-corrected chi connectivity index (χ2v) is 7.96.